The molecule has 1 saturated carbocycles. The number of hydrogen-bond acceptors (Lipinski definition) is 5. The number of rotatable bonds is 4. The maximum atomic E-state index is 5.46. The molecular weight excluding hydrogens is 288 g/mol. The molecule has 2 aromatic heterocycles. The molecule has 0 spiro atoms. The van der Waals surface area contributed by atoms with E-state index in [1.807, 2.05) is 12.1 Å². The van der Waals surface area contributed by atoms with Gasteiger partial charge in [-0.3, -0.25) is 4.98 Å². The van der Waals surface area contributed by atoms with Crippen molar-refractivity contribution in [2.24, 2.45) is 17.8 Å². The highest BCUT2D eigenvalue weighted by molar-refractivity contribution is 5.51. The number of pyridine rings is 1. The van der Waals surface area contributed by atoms with Crippen molar-refractivity contribution in [3.8, 4) is 11.4 Å². The van der Waals surface area contributed by atoms with E-state index in [4.69, 9.17) is 4.52 Å². The Bertz CT molecular complexity index is 720. The normalized spacial score (nSPS) is 30.0. The van der Waals surface area contributed by atoms with Crippen molar-refractivity contribution in [2.75, 3.05) is 19.6 Å². The van der Waals surface area contributed by atoms with Gasteiger partial charge in [0.2, 0.25) is 11.7 Å². The molecule has 3 aliphatic rings. The average molecular weight is 308 g/mol. The first kappa shape index (κ1) is 13.4. The maximum Gasteiger partial charge on any atom is 0.232 e. The molecular formula is C18H20N4O. The molecule has 118 valence electrons. The second kappa shape index (κ2) is 5.27. The van der Waals surface area contributed by atoms with Gasteiger partial charge in [-0.25, -0.2) is 0 Å². The van der Waals surface area contributed by atoms with E-state index >= 15 is 0 Å². The van der Waals surface area contributed by atoms with Crippen molar-refractivity contribution >= 4 is 0 Å². The summed E-state index contributed by atoms with van der Waals surface area (Å²) in [6, 6.07) is 3.84. The fourth-order valence-electron chi connectivity index (χ4n) is 4.32. The van der Waals surface area contributed by atoms with Crippen LogP contribution in [0.2, 0.25) is 0 Å². The van der Waals surface area contributed by atoms with E-state index in [0.29, 0.717) is 11.7 Å². The molecule has 0 aromatic carbocycles. The number of fused-ring (bicyclic) bond motifs is 2. The van der Waals surface area contributed by atoms with Crippen LogP contribution in [0.25, 0.3) is 11.4 Å². The van der Waals surface area contributed by atoms with Gasteiger partial charge >= 0.3 is 0 Å². The summed E-state index contributed by atoms with van der Waals surface area (Å²) in [5, 5.41) is 4.10. The number of allylic oxidation sites excluding steroid dienone is 2. The third kappa shape index (κ3) is 2.39. The number of aromatic nitrogens is 3. The predicted molar refractivity (Wildman–Crippen MR) is 85.6 cm³/mol. The van der Waals surface area contributed by atoms with Crippen molar-refractivity contribution in [2.45, 2.75) is 18.8 Å². The molecule has 3 heterocycles. The van der Waals surface area contributed by atoms with Crippen molar-refractivity contribution < 1.29 is 4.52 Å². The number of hydrogen-bond donors (Lipinski definition) is 0. The molecule has 1 aliphatic heterocycles. The monoisotopic (exact) mass is 308 g/mol. The van der Waals surface area contributed by atoms with Gasteiger partial charge < -0.3 is 9.42 Å². The third-order valence-electron chi connectivity index (χ3n) is 5.58. The summed E-state index contributed by atoms with van der Waals surface area (Å²) in [5.41, 5.74) is 0.910. The van der Waals surface area contributed by atoms with E-state index in [1.54, 1.807) is 12.4 Å². The Kier molecular flexibility index (Phi) is 3.08. The molecule has 5 rings (SSSR count). The van der Waals surface area contributed by atoms with Gasteiger partial charge in [-0.2, -0.15) is 4.98 Å². The Morgan fingerprint density at radius 1 is 1.22 bits per heavy atom. The fraction of sp³-hybridized carbons (Fsp3) is 0.500. The summed E-state index contributed by atoms with van der Waals surface area (Å²) in [6.07, 6.45) is 11.1. The van der Waals surface area contributed by atoms with E-state index in [2.05, 4.69) is 32.2 Å². The van der Waals surface area contributed by atoms with Gasteiger partial charge in [-0.15, -0.1) is 0 Å². The molecule has 0 amide bonds. The van der Waals surface area contributed by atoms with Crippen molar-refractivity contribution in [1.29, 1.82) is 0 Å². The lowest BCUT2D eigenvalue weighted by molar-refractivity contribution is 0.0986. The Balaban J connectivity index is 1.19. The summed E-state index contributed by atoms with van der Waals surface area (Å²) in [5.74, 6) is 4.36. The zero-order valence-corrected chi connectivity index (χ0v) is 13.0. The van der Waals surface area contributed by atoms with Crippen molar-refractivity contribution in [3.63, 3.8) is 0 Å². The SMILES string of the molecule is C1=CC2CC1CC2CN1CC(c2nc(-c3cccnc3)no2)C1. The maximum absolute atomic E-state index is 5.46. The van der Waals surface area contributed by atoms with Gasteiger partial charge in [0, 0.05) is 37.6 Å². The van der Waals surface area contributed by atoms with Crippen LogP contribution < -0.4 is 0 Å². The standard InChI is InChI=1S/C18H20N4O/c1-2-14(8-19-5-1)17-20-18(23-21-17)16-10-22(11-16)9-15-7-12-3-4-13(15)6-12/h1-5,8,12-13,15-16H,6-7,9-11H2. The molecule has 2 aromatic rings. The van der Waals surface area contributed by atoms with Crippen LogP contribution >= 0.6 is 0 Å². The first-order valence-corrected chi connectivity index (χ1v) is 8.50. The van der Waals surface area contributed by atoms with Crippen LogP contribution in [-0.4, -0.2) is 39.7 Å². The molecule has 5 heteroatoms. The van der Waals surface area contributed by atoms with Crippen LogP contribution in [0.15, 0.2) is 41.2 Å². The summed E-state index contributed by atoms with van der Waals surface area (Å²) in [6.45, 7) is 3.32. The Hall–Kier alpha value is -2.01. The van der Waals surface area contributed by atoms with E-state index in [1.165, 1.54) is 19.4 Å². The number of nitrogens with zero attached hydrogens (tertiary/aromatic N) is 4. The van der Waals surface area contributed by atoms with Gasteiger partial charge in [-0.05, 0) is 42.7 Å². The highest BCUT2D eigenvalue weighted by atomic mass is 16.5. The first-order chi connectivity index (χ1) is 11.3. The van der Waals surface area contributed by atoms with E-state index in [-0.39, 0.29) is 0 Å². The third-order valence-corrected chi connectivity index (χ3v) is 5.58. The predicted octanol–water partition coefficient (Wildman–Crippen LogP) is 2.74. The summed E-state index contributed by atoms with van der Waals surface area (Å²) >= 11 is 0. The van der Waals surface area contributed by atoms with Crippen molar-refractivity contribution in [3.05, 3.63) is 42.6 Å². The molecule has 2 fully saturated rings. The second-order valence-electron chi connectivity index (χ2n) is 7.15. The molecule has 5 nitrogen and oxygen atoms in total. The van der Waals surface area contributed by atoms with Gasteiger partial charge in [0.25, 0.3) is 0 Å². The van der Waals surface area contributed by atoms with Crippen LogP contribution in [0.3, 0.4) is 0 Å². The summed E-state index contributed by atoms with van der Waals surface area (Å²) in [4.78, 5) is 11.2. The minimum Gasteiger partial charge on any atom is -0.339 e. The Morgan fingerprint density at radius 3 is 2.91 bits per heavy atom. The molecule has 23 heavy (non-hydrogen) atoms. The lowest BCUT2D eigenvalue weighted by Gasteiger charge is -2.39. The highest BCUT2D eigenvalue weighted by Gasteiger charge is 2.40. The summed E-state index contributed by atoms with van der Waals surface area (Å²) < 4.78 is 5.46. The Labute approximate surface area is 135 Å². The van der Waals surface area contributed by atoms with Crippen LogP contribution in [0.5, 0.6) is 0 Å². The summed E-state index contributed by atoms with van der Waals surface area (Å²) in [7, 11) is 0. The van der Waals surface area contributed by atoms with Crippen LogP contribution in [0, 0.1) is 17.8 Å². The minimum absolute atomic E-state index is 0.391. The zero-order chi connectivity index (χ0) is 15.2. The molecule has 0 N–H and O–H groups in total. The molecule has 0 radical (unpaired) electrons. The quantitative estimate of drug-likeness (QED) is 0.813. The number of likely N-dealkylation sites (tertiary alicyclic amines) is 1. The second-order valence-corrected chi connectivity index (χ2v) is 7.15. The van der Waals surface area contributed by atoms with Crippen LogP contribution in [0.1, 0.15) is 24.7 Å². The minimum atomic E-state index is 0.391. The molecule has 3 unspecified atom stereocenters. The van der Waals surface area contributed by atoms with E-state index < -0.39 is 0 Å². The fourth-order valence-corrected chi connectivity index (χ4v) is 4.32. The van der Waals surface area contributed by atoms with Gasteiger partial charge in [0.05, 0.1) is 5.92 Å². The van der Waals surface area contributed by atoms with Crippen LogP contribution in [0.4, 0.5) is 0 Å². The zero-order valence-electron chi connectivity index (χ0n) is 13.0. The first-order valence-electron chi connectivity index (χ1n) is 8.50. The lowest BCUT2D eigenvalue weighted by Crippen LogP contribution is -2.47. The van der Waals surface area contributed by atoms with Gasteiger partial charge in [0.1, 0.15) is 0 Å². The Morgan fingerprint density at radius 2 is 2.17 bits per heavy atom. The van der Waals surface area contributed by atoms with Gasteiger partial charge in [0.15, 0.2) is 0 Å². The molecule has 1 saturated heterocycles. The average Bonchev–Trinajstić information content (AvgIpc) is 3.27. The smallest absolute Gasteiger partial charge is 0.232 e. The molecule has 2 bridgehead atoms. The highest BCUT2D eigenvalue weighted by Crippen LogP contribution is 2.44. The lowest BCUT2D eigenvalue weighted by atomic mass is 9.90. The topological polar surface area (TPSA) is 55.1 Å². The van der Waals surface area contributed by atoms with E-state index in [9.17, 15) is 0 Å². The molecule has 3 atom stereocenters. The van der Waals surface area contributed by atoms with Crippen LogP contribution in [-0.2, 0) is 0 Å². The van der Waals surface area contributed by atoms with Crippen molar-refractivity contribution in [1.82, 2.24) is 20.0 Å². The molecule has 2 aliphatic carbocycles. The van der Waals surface area contributed by atoms with Gasteiger partial charge in [-0.1, -0.05) is 17.3 Å². The van der Waals surface area contributed by atoms with E-state index in [0.717, 1.165) is 42.3 Å². The largest absolute Gasteiger partial charge is 0.339 e.